The zero-order valence-electron chi connectivity index (χ0n) is 18.0. The molecular formula is C24H28N6O. The van der Waals surface area contributed by atoms with Crippen LogP contribution in [-0.4, -0.2) is 53.5 Å². The molecular weight excluding hydrogens is 388 g/mol. The second-order valence-electron chi connectivity index (χ2n) is 8.56. The van der Waals surface area contributed by atoms with Crippen molar-refractivity contribution in [2.24, 2.45) is 4.99 Å². The number of rotatable bonds is 5. The van der Waals surface area contributed by atoms with E-state index in [1.807, 2.05) is 30.3 Å². The number of hydrogen-bond donors (Lipinski definition) is 3. The number of nitrogens with one attached hydrogen (secondary N) is 1. The topological polar surface area (TPSA) is 99.7 Å². The van der Waals surface area contributed by atoms with Crippen molar-refractivity contribution in [2.75, 3.05) is 30.8 Å². The molecule has 1 unspecified atom stereocenters. The van der Waals surface area contributed by atoms with Crippen molar-refractivity contribution in [1.29, 1.82) is 0 Å². The predicted molar refractivity (Wildman–Crippen MR) is 126 cm³/mol. The summed E-state index contributed by atoms with van der Waals surface area (Å²) in [6.07, 6.45) is 5.48. The molecule has 3 aromatic rings. The van der Waals surface area contributed by atoms with Crippen molar-refractivity contribution in [3.05, 3.63) is 41.5 Å². The molecule has 1 saturated carbocycles. The number of aromatic nitrogens is 2. The van der Waals surface area contributed by atoms with Crippen molar-refractivity contribution in [2.45, 2.75) is 38.3 Å². The highest BCUT2D eigenvalue weighted by atomic mass is 16.3. The maximum absolute atomic E-state index is 10.7. The highest BCUT2D eigenvalue weighted by molar-refractivity contribution is 5.93. The first-order valence-corrected chi connectivity index (χ1v) is 10.9. The summed E-state index contributed by atoms with van der Waals surface area (Å²) in [7, 11) is 1.70. The van der Waals surface area contributed by atoms with E-state index in [2.05, 4.69) is 15.2 Å². The van der Waals surface area contributed by atoms with Gasteiger partial charge in [-0.05, 0) is 56.5 Å². The van der Waals surface area contributed by atoms with Crippen LogP contribution in [0.2, 0.25) is 0 Å². The van der Waals surface area contributed by atoms with Crippen LogP contribution in [0.25, 0.3) is 22.3 Å². The van der Waals surface area contributed by atoms with Crippen LogP contribution in [0.15, 0.2) is 35.3 Å². The first kappa shape index (κ1) is 19.8. The van der Waals surface area contributed by atoms with Crippen molar-refractivity contribution >= 4 is 28.8 Å². The number of aliphatic imine (C=N–C) groups is 1. The maximum Gasteiger partial charge on any atom is 0.129 e. The number of nitrogen functional groups attached to an aromatic ring is 1. The molecule has 7 nitrogen and oxygen atoms in total. The van der Waals surface area contributed by atoms with Crippen LogP contribution in [0.3, 0.4) is 0 Å². The fourth-order valence-electron chi connectivity index (χ4n) is 4.30. The third-order valence-corrected chi connectivity index (χ3v) is 6.26. The Balaban J connectivity index is 1.44. The zero-order chi connectivity index (χ0) is 21.5. The van der Waals surface area contributed by atoms with Gasteiger partial charge in [0.25, 0.3) is 0 Å². The van der Waals surface area contributed by atoms with Gasteiger partial charge in [-0.25, -0.2) is 9.97 Å². The fraction of sp³-hybridized carbons (Fsp3) is 0.375. The third-order valence-electron chi connectivity index (χ3n) is 6.26. The molecule has 5 rings (SSSR count). The van der Waals surface area contributed by atoms with E-state index >= 15 is 0 Å². The fourth-order valence-corrected chi connectivity index (χ4v) is 4.30. The van der Waals surface area contributed by atoms with Gasteiger partial charge in [0.2, 0.25) is 0 Å². The maximum atomic E-state index is 10.7. The lowest BCUT2D eigenvalue weighted by atomic mass is 10.00. The van der Waals surface area contributed by atoms with Crippen molar-refractivity contribution in [1.82, 2.24) is 15.3 Å². The van der Waals surface area contributed by atoms with E-state index in [4.69, 9.17) is 15.7 Å². The number of pyridine rings is 2. The van der Waals surface area contributed by atoms with E-state index in [-0.39, 0.29) is 5.75 Å². The van der Waals surface area contributed by atoms with E-state index in [1.54, 1.807) is 20.2 Å². The van der Waals surface area contributed by atoms with Crippen molar-refractivity contribution in [3.8, 4) is 17.0 Å². The Hall–Kier alpha value is -3.19. The lowest BCUT2D eigenvalue weighted by molar-refractivity contribution is 0.473. The van der Waals surface area contributed by atoms with Crippen LogP contribution in [0.1, 0.15) is 30.4 Å². The SMILES string of the molecule is CN=Cc1cc(-c2ccc3nc(N4CCC(NC5CC5)C4)ccc3n2)c(O)c(C)c1N. The van der Waals surface area contributed by atoms with E-state index < -0.39 is 0 Å². The summed E-state index contributed by atoms with van der Waals surface area (Å²) in [5.74, 6) is 1.14. The quantitative estimate of drug-likeness (QED) is 0.436. The summed E-state index contributed by atoms with van der Waals surface area (Å²) in [4.78, 5) is 16.0. The van der Waals surface area contributed by atoms with E-state index in [0.29, 0.717) is 28.6 Å². The molecule has 0 radical (unpaired) electrons. The third kappa shape index (κ3) is 3.81. The molecule has 3 heterocycles. The number of nitrogens with zero attached hydrogens (tertiary/aromatic N) is 4. The average Bonchev–Trinajstić information content (AvgIpc) is 3.47. The van der Waals surface area contributed by atoms with E-state index in [1.165, 1.54) is 12.8 Å². The number of nitrogens with two attached hydrogens (primary N) is 1. The Morgan fingerprint density at radius 2 is 1.90 bits per heavy atom. The van der Waals surface area contributed by atoms with Gasteiger partial charge in [-0.15, -0.1) is 0 Å². The van der Waals surface area contributed by atoms with Gasteiger partial charge in [0.1, 0.15) is 11.6 Å². The number of aromatic hydroxyl groups is 1. The molecule has 0 amide bonds. The molecule has 160 valence electrons. The molecule has 1 aliphatic carbocycles. The minimum atomic E-state index is 0.147. The van der Waals surface area contributed by atoms with Gasteiger partial charge in [0, 0.05) is 60.8 Å². The summed E-state index contributed by atoms with van der Waals surface area (Å²) in [6.45, 7) is 3.83. The van der Waals surface area contributed by atoms with Crippen molar-refractivity contribution < 1.29 is 5.11 Å². The predicted octanol–water partition coefficient (Wildman–Crippen LogP) is 3.27. The smallest absolute Gasteiger partial charge is 0.129 e. The second kappa shape index (κ2) is 7.81. The van der Waals surface area contributed by atoms with Gasteiger partial charge in [0.15, 0.2) is 0 Å². The molecule has 0 bridgehead atoms. The molecule has 31 heavy (non-hydrogen) atoms. The first-order valence-electron chi connectivity index (χ1n) is 10.9. The number of benzene rings is 1. The average molecular weight is 417 g/mol. The Labute approximate surface area is 182 Å². The van der Waals surface area contributed by atoms with Crippen molar-refractivity contribution in [3.63, 3.8) is 0 Å². The molecule has 7 heteroatoms. The minimum absolute atomic E-state index is 0.147. The van der Waals surface area contributed by atoms with E-state index in [9.17, 15) is 5.11 Å². The number of phenolic OH excluding ortho intramolecular Hbond substituents is 1. The number of anilines is 2. The molecule has 1 aliphatic heterocycles. The Morgan fingerprint density at radius 3 is 2.68 bits per heavy atom. The second-order valence-corrected chi connectivity index (χ2v) is 8.56. The van der Waals surface area contributed by atoms with Crippen LogP contribution in [0.5, 0.6) is 5.75 Å². The molecule has 2 aromatic heterocycles. The van der Waals surface area contributed by atoms with Gasteiger partial charge in [-0.3, -0.25) is 4.99 Å². The molecule has 1 aromatic carbocycles. The molecule has 2 aliphatic rings. The monoisotopic (exact) mass is 416 g/mol. The normalized spacial score (nSPS) is 19.0. The summed E-state index contributed by atoms with van der Waals surface area (Å²) < 4.78 is 0. The number of phenols is 1. The zero-order valence-corrected chi connectivity index (χ0v) is 18.0. The molecule has 1 saturated heterocycles. The number of fused-ring (bicyclic) bond motifs is 1. The summed E-state index contributed by atoms with van der Waals surface area (Å²) in [5.41, 5.74) is 11.0. The van der Waals surface area contributed by atoms with Gasteiger partial charge < -0.3 is 21.1 Å². The Kier molecular flexibility index (Phi) is 4.98. The lowest BCUT2D eigenvalue weighted by Gasteiger charge is -2.18. The molecule has 4 N–H and O–H groups in total. The Bertz CT molecular complexity index is 1170. The Morgan fingerprint density at radius 1 is 1.13 bits per heavy atom. The molecule has 1 atom stereocenters. The number of hydrogen-bond acceptors (Lipinski definition) is 7. The van der Waals surface area contributed by atoms with Crippen LogP contribution < -0.4 is 16.0 Å². The standard InChI is InChI=1S/C24H28N6O/c1-14-23(25)15(12-26-2)11-18(24(14)31)19-5-6-21-20(28-19)7-8-22(29-21)30-10-9-17(13-30)27-16-3-4-16/h5-8,11-12,16-17,27,31H,3-4,9-10,13,25H2,1-2H3. The van der Waals surface area contributed by atoms with Crippen LogP contribution >= 0.6 is 0 Å². The van der Waals surface area contributed by atoms with Gasteiger partial charge in [-0.1, -0.05) is 0 Å². The minimum Gasteiger partial charge on any atom is -0.507 e. The molecule has 0 spiro atoms. The summed E-state index contributed by atoms with van der Waals surface area (Å²) >= 11 is 0. The summed E-state index contributed by atoms with van der Waals surface area (Å²) in [5, 5.41) is 14.4. The van der Waals surface area contributed by atoms with Crippen LogP contribution in [0.4, 0.5) is 11.5 Å². The van der Waals surface area contributed by atoms with Gasteiger partial charge >= 0.3 is 0 Å². The van der Waals surface area contributed by atoms with Gasteiger partial charge in [-0.2, -0.15) is 0 Å². The first-order chi connectivity index (χ1) is 15.0. The van der Waals surface area contributed by atoms with Gasteiger partial charge in [0.05, 0.1) is 16.7 Å². The van der Waals surface area contributed by atoms with Crippen LogP contribution in [-0.2, 0) is 0 Å². The highest BCUT2D eigenvalue weighted by Gasteiger charge is 2.29. The van der Waals surface area contributed by atoms with Crippen LogP contribution in [0, 0.1) is 6.92 Å². The highest BCUT2D eigenvalue weighted by Crippen LogP contribution is 2.36. The summed E-state index contributed by atoms with van der Waals surface area (Å²) in [6, 6.07) is 11.0. The van der Waals surface area contributed by atoms with E-state index in [0.717, 1.165) is 48.0 Å². The lowest BCUT2D eigenvalue weighted by Crippen LogP contribution is -2.34. The molecule has 2 fully saturated rings. The largest absolute Gasteiger partial charge is 0.507 e.